The Hall–Kier alpha value is -1.09. The van der Waals surface area contributed by atoms with E-state index in [-0.39, 0.29) is 0 Å². The van der Waals surface area contributed by atoms with Gasteiger partial charge in [0.2, 0.25) is 0 Å². The third-order valence-corrected chi connectivity index (χ3v) is 3.67. The highest BCUT2D eigenvalue weighted by atomic mass is 15.2. The lowest BCUT2D eigenvalue weighted by Gasteiger charge is -2.33. The average molecular weight is 247 g/mol. The molecule has 0 unspecified atom stereocenters. The molecule has 3 nitrogen and oxygen atoms in total. The molecule has 3 heteroatoms. The molecule has 1 aromatic rings. The molecule has 1 aliphatic carbocycles. The molecule has 1 heterocycles. The number of nitrogens with zero attached hydrogens (tertiary/aromatic N) is 2. The number of hydrogen-bond acceptors (Lipinski definition) is 3. The molecule has 0 saturated heterocycles. The summed E-state index contributed by atoms with van der Waals surface area (Å²) in [6.45, 7) is 6.21. The van der Waals surface area contributed by atoms with Gasteiger partial charge < -0.3 is 10.6 Å². The molecule has 0 radical (unpaired) electrons. The van der Waals surface area contributed by atoms with E-state index in [9.17, 15) is 0 Å². The van der Waals surface area contributed by atoms with E-state index in [0.717, 1.165) is 12.2 Å². The van der Waals surface area contributed by atoms with Crippen molar-refractivity contribution in [3.05, 3.63) is 24.0 Å². The monoisotopic (exact) mass is 247 g/mol. The van der Waals surface area contributed by atoms with Crippen LogP contribution in [0.5, 0.6) is 0 Å². The van der Waals surface area contributed by atoms with Crippen molar-refractivity contribution in [2.45, 2.75) is 52.1 Å². The predicted octanol–water partition coefficient (Wildman–Crippen LogP) is 2.95. The maximum atomic E-state index is 5.69. The van der Waals surface area contributed by atoms with E-state index in [1.54, 1.807) is 0 Å². The largest absolute Gasteiger partial charge is 0.368 e. The highest BCUT2D eigenvalue weighted by Crippen LogP contribution is 2.29. The molecule has 18 heavy (non-hydrogen) atoms. The first kappa shape index (κ1) is 13.3. The van der Waals surface area contributed by atoms with Gasteiger partial charge in [-0.05, 0) is 30.9 Å². The van der Waals surface area contributed by atoms with Crippen LogP contribution in [-0.4, -0.2) is 17.6 Å². The molecule has 100 valence electrons. The highest BCUT2D eigenvalue weighted by Gasteiger charge is 2.23. The zero-order valence-electron chi connectivity index (χ0n) is 11.6. The van der Waals surface area contributed by atoms with Crippen molar-refractivity contribution in [2.75, 3.05) is 11.4 Å². The first-order valence-electron chi connectivity index (χ1n) is 7.12. The van der Waals surface area contributed by atoms with E-state index < -0.39 is 0 Å². The molecule has 0 atom stereocenters. The van der Waals surface area contributed by atoms with Crippen LogP contribution < -0.4 is 10.6 Å². The molecule has 0 spiro atoms. The van der Waals surface area contributed by atoms with Crippen LogP contribution in [0.2, 0.25) is 0 Å². The van der Waals surface area contributed by atoms with Crippen molar-refractivity contribution in [2.24, 2.45) is 11.7 Å². The lowest BCUT2D eigenvalue weighted by molar-refractivity contribution is 0.535. The Balaban J connectivity index is 2.20. The van der Waals surface area contributed by atoms with Crippen LogP contribution >= 0.6 is 0 Å². The number of rotatable bonds is 5. The van der Waals surface area contributed by atoms with Gasteiger partial charge in [0.25, 0.3) is 0 Å². The minimum Gasteiger partial charge on any atom is -0.368 e. The summed E-state index contributed by atoms with van der Waals surface area (Å²) in [6.07, 6.45) is 7.28. The fourth-order valence-electron chi connectivity index (χ4n) is 2.83. The number of aromatic nitrogens is 1. The second-order valence-corrected chi connectivity index (χ2v) is 5.69. The Morgan fingerprint density at radius 1 is 1.39 bits per heavy atom. The van der Waals surface area contributed by atoms with Crippen molar-refractivity contribution in [3.8, 4) is 0 Å². The van der Waals surface area contributed by atoms with Gasteiger partial charge in [0.05, 0.1) is 5.69 Å². The van der Waals surface area contributed by atoms with Crippen LogP contribution in [0.15, 0.2) is 18.3 Å². The van der Waals surface area contributed by atoms with Crippen LogP contribution in [0.4, 0.5) is 5.69 Å². The van der Waals surface area contributed by atoms with Gasteiger partial charge in [0.15, 0.2) is 0 Å². The normalized spacial score (nSPS) is 16.4. The Labute approximate surface area is 110 Å². The summed E-state index contributed by atoms with van der Waals surface area (Å²) in [4.78, 5) is 6.86. The van der Waals surface area contributed by atoms with Crippen LogP contribution in [0.25, 0.3) is 0 Å². The van der Waals surface area contributed by atoms with Crippen molar-refractivity contribution in [3.63, 3.8) is 0 Å². The third-order valence-electron chi connectivity index (χ3n) is 3.67. The fraction of sp³-hybridized carbons (Fsp3) is 0.667. The predicted molar refractivity (Wildman–Crippen MR) is 76.6 cm³/mol. The summed E-state index contributed by atoms with van der Waals surface area (Å²) in [5.74, 6) is 0.681. The maximum Gasteiger partial charge on any atom is 0.0560 e. The molecular formula is C15H25N3. The minimum absolute atomic E-state index is 0.522. The number of anilines is 1. The van der Waals surface area contributed by atoms with E-state index in [1.807, 2.05) is 6.20 Å². The molecule has 0 aliphatic heterocycles. The maximum absolute atomic E-state index is 5.69. The zero-order valence-corrected chi connectivity index (χ0v) is 11.6. The van der Waals surface area contributed by atoms with Crippen LogP contribution in [0.1, 0.15) is 45.2 Å². The SMILES string of the molecule is CC(C)CN(c1ccnc(CN)c1)C1CCCC1. The number of nitrogens with two attached hydrogens (primary N) is 1. The molecular weight excluding hydrogens is 222 g/mol. The Kier molecular flexibility index (Phi) is 4.59. The van der Waals surface area contributed by atoms with E-state index in [0.29, 0.717) is 18.5 Å². The van der Waals surface area contributed by atoms with Crippen molar-refractivity contribution in [1.82, 2.24) is 4.98 Å². The number of hydrogen-bond donors (Lipinski definition) is 1. The smallest absolute Gasteiger partial charge is 0.0560 e. The van der Waals surface area contributed by atoms with Crippen molar-refractivity contribution < 1.29 is 0 Å². The van der Waals surface area contributed by atoms with Gasteiger partial charge in [-0.1, -0.05) is 26.7 Å². The summed E-state index contributed by atoms with van der Waals surface area (Å²) >= 11 is 0. The van der Waals surface area contributed by atoms with E-state index in [1.165, 1.54) is 31.4 Å². The summed E-state index contributed by atoms with van der Waals surface area (Å²) in [7, 11) is 0. The van der Waals surface area contributed by atoms with Gasteiger partial charge in [-0.3, -0.25) is 4.98 Å². The van der Waals surface area contributed by atoms with Gasteiger partial charge in [0, 0.05) is 31.0 Å². The van der Waals surface area contributed by atoms with Crippen LogP contribution in [-0.2, 0) is 6.54 Å². The summed E-state index contributed by atoms with van der Waals surface area (Å²) in [6, 6.07) is 4.99. The van der Waals surface area contributed by atoms with E-state index in [4.69, 9.17) is 5.73 Å². The standard InChI is InChI=1S/C15H25N3/c1-12(2)11-18(14-5-3-4-6-14)15-7-8-17-13(9-15)10-16/h7-9,12,14H,3-6,10-11,16H2,1-2H3. The minimum atomic E-state index is 0.522. The summed E-state index contributed by atoms with van der Waals surface area (Å²) < 4.78 is 0. The lowest BCUT2D eigenvalue weighted by atomic mass is 10.1. The average Bonchev–Trinajstić information content (AvgIpc) is 2.89. The molecule has 1 fully saturated rings. The van der Waals surface area contributed by atoms with Gasteiger partial charge in [0.1, 0.15) is 0 Å². The summed E-state index contributed by atoms with van der Waals surface area (Å²) in [5.41, 5.74) is 7.98. The van der Waals surface area contributed by atoms with Crippen LogP contribution in [0, 0.1) is 5.92 Å². The zero-order chi connectivity index (χ0) is 13.0. The second-order valence-electron chi connectivity index (χ2n) is 5.69. The highest BCUT2D eigenvalue weighted by molar-refractivity contribution is 5.48. The van der Waals surface area contributed by atoms with Gasteiger partial charge >= 0.3 is 0 Å². The van der Waals surface area contributed by atoms with Gasteiger partial charge in [-0.25, -0.2) is 0 Å². The van der Waals surface area contributed by atoms with E-state index >= 15 is 0 Å². The number of pyridine rings is 1. The topological polar surface area (TPSA) is 42.2 Å². The first-order valence-corrected chi connectivity index (χ1v) is 7.12. The van der Waals surface area contributed by atoms with Gasteiger partial charge in [-0.2, -0.15) is 0 Å². The summed E-state index contributed by atoms with van der Waals surface area (Å²) in [5, 5.41) is 0. The Morgan fingerprint density at radius 3 is 2.72 bits per heavy atom. The molecule has 1 aromatic heterocycles. The Bertz CT molecular complexity index is 370. The van der Waals surface area contributed by atoms with Crippen LogP contribution in [0.3, 0.4) is 0 Å². The molecule has 2 N–H and O–H groups in total. The molecule has 0 amide bonds. The molecule has 2 rings (SSSR count). The Morgan fingerprint density at radius 2 is 2.11 bits per heavy atom. The lowest BCUT2D eigenvalue weighted by Crippen LogP contribution is -2.36. The molecule has 0 aromatic carbocycles. The first-order chi connectivity index (χ1) is 8.70. The van der Waals surface area contributed by atoms with Gasteiger partial charge in [-0.15, -0.1) is 0 Å². The molecule has 1 saturated carbocycles. The van der Waals surface area contributed by atoms with E-state index in [2.05, 4.69) is 35.9 Å². The molecule has 0 bridgehead atoms. The van der Waals surface area contributed by atoms with Crippen molar-refractivity contribution >= 4 is 5.69 Å². The van der Waals surface area contributed by atoms with Crippen molar-refractivity contribution in [1.29, 1.82) is 0 Å². The third kappa shape index (κ3) is 3.22. The molecule has 1 aliphatic rings. The fourth-order valence-corrected chi connectivity index (χ4v) is 2.83. The second kappa shape index (κ2) is 6.19. The quantitative estimate of drug-likeness (QED) is 0.870.